The molecule has 1 aliphatic rings. The topological polar surface area (TPSA) is 82.2 Å². The van der Waals surface area contributed by atoms with Gasteiger partial charge in [-0.1, -0.05) is 47.1 Å². The number of hydrogen-bond acceptors (Lipinski definition) is 2. The molecule has 3 aromatic rings. The summed E-state index contributed by atoms with van der Waals surface area (Å²) in [6.07, 6.45) is 2.31. The molecule has 28 heavy (non-hydrogen) atoms. The zero-order chi connectivity index (χ0) is 19.8. The number of aromatic nitrogens is 1. The summed E-state index contributed by atoms with van der Waals surface area (Å²) in [7, 11) is 0. The first kappa shape index (κ1) is 18.3. The first-order valence-corrected chi connectivity index (χ1v) is 9.64. The van der Waals surface area contributed by atoms with Gasteiger partial charge in [-0.3, -0.25) is 4.79 Å². The van der Waals surface area contributed by atoms with Gasteiger partial charge in [-0.2, -0.15) is 0 Å². The molecular formula is C22H17BrN2O3. The molecule has 140 valence electrons. The number of carboxylic acid groups (broad SMARTS) is 1. The van der Waals surface area contributed by atoms with Gasteiger partial charge in [0.05, 0.1) is 16.8 Å². The molecule has 0 bridgehead atoms. The number of aryl methyl sites for hydroxylation is 1. The van der Waals surface area contributed by atoms with Crippen LogP contribution in [0.3, 0.4) is 0 Å². The first-order valence-electron chi connectivity index (χ1n) is 8.85. The van der Waals surface area contributed by atoms with Crippen LogP contribution >= 0.6 is 15.9 Å². The Morgan fingerprint density at radius 2 is 1.96 bits per heavy atom. The van der Waals surface area contributed by atoms with Crippen LogP contribution in [0.2, 0.25) is 0 Å². The van der Waals surface area contributed by atoms with Gasteiger partial charge in [0.2, 0.25) is 0 Å². The SMILES string of the molecule is CCc1cc(C(=O)O)c(C=C2C(=O)Nc3cccc(-c4cccc(Br)c4)c32)[nH]1. The van der Waals surface area contributed by atoms with Crippen LogP contribution in [0.5, 0.6) is 0 Å². The minimum atomic E-state index is -1.03. The van der Waals surface area contributed by atoms with Crippen molar-refractivity contribution in [1.29, 1.82) is 0 Å². The Morgan fingerprint density at radius 1 is 1.18 bits per heavy atom. The maximum Gasteiger partial charge on any atom is 0.337 e. The molecule has 0 fully saturated rings. The minimum Gasteiger partial charge on any atom is -0.478 e. The van der Waals surface area contributed by atoms with E-state index in [9.17, 15) is 14.7 Å². The van der Waals surface area contributed by atoms with Gasteiger partial charge in [0, 0.05) is 21.4 Å². The molecule has 5 nitrogen and oxygen atoms in total. The molecule has 0 saturated carbocycles. The third-order valence-corrected chi connectivity index (χ3v) is 5.26. The average Bonchev–Trinajstić information content (AvgIpc) is 3.23. The van der Waals surface area contributed by atoms with E-state index >= 15 is 0 Å². The number of H-pyrrole nitrogens is 1. The lowest BCUT2D eigenvalue weighted by molar-refractivity contribution is -0.110. The zero-order valence-electron chi connectivity index (χ0n) is 15.0. The fourth-order valence-corrected chi connectivity index (χ4v) is 3.84. The summed E-state index contributed by atoms with van der Waals surface area (Å²) < 4.78 is 0.940. The third kappa shape index (κ3) is 3.16. The van der Waals surface area contributed by atoms with E-state index in [-0.39, 0.29) is 11.5 Å². The third-order valence-electron chi connectivity index (χ3n) is 4.77. The molecule has 0 saturated heterocycles. The molecule has 0 unspecified atom stereocenters. The van der Waals surface area contributed by atoms with Gasteiger partial charge in [-0.15, -0.1) is 0 Å². The van der Waals surface area contributed by atoms with E-state index in [1.807, 2.05) is 49.4 Å². The summed E-state index contributed by atoms with van der Waals surface area (Å²) in [5.74, 6) is -1.27. The summed E-state index contributed by atoms with van der Waals surface area (Å²) in [5, 5.41) is 12.4. The van der Waals surface area contributed by atoms with Gasteiger partial charge in [0.25, 0.3) is 5.91 Å². The highest BCUT2D eigenvalue weighted by Gasteiger charge is 2.28. The Labute approximate surface area is 170 Å². The standard InChI is InChI=1S/C22H17BrN2O3/c1-2-14-10-16(22(27)28)19(24-14)11-17-20-15(12-5-3-6-13(23)9-12)7-4-8-18(20)25-21(17)26/h3-11,24H,2H2,1H3,(H,25,26)(H,27,28). The smallest absolute Gasteiger partial charge is 0.337 e. The summed E-state index contributed by atoms with van der Waals surface area (Å²) in [5.41, 5.74) is 5.19. The van der Waals surface area contributed by atoms with E-state index in [2.05, 4.69) is 26.2 Å². The van der Waals surface area contributed by atoms with Gasteiger partial charge in [-0.25, -0.2) is 4.79 Å². The van der Waals surface area contributed by atoms with E-state index in [1.54, 1.807) is 12.1 Å². The number of hydrogen-bond donors (Lipinski definition) is 3. The van der Waals surface area contributed by atoms with E-state index in [4.69, 9.17) is 0 Å². The van der Waals surface area contributed by atoms with Crippen LogP contribution in [0.4, 0.5) is 5.69 Å². The molecule has 0 aliphatic carbocycles. The van der Waals surface area contributed by atoms with E-state index in [0.29, 0.717) is 23.4 Å². The van der Waals surface area contributed by atoms with Crippen LogP contribution in [0.15, 0.2) is 53.0 Å². The van der Waals surface area contributed by atoms with Crippen molar-refractivity contribution < 1.29 is 14.7 Å². The molecule has 0 radical (unpaired) electrons. The number of fused-ring (bicyclic) bond motifs is 1. The number of carboxylic acids is 1. The summed E-state index contributed by atoms with van der Waals surface area (Å²) in [6.45, 7) is 1.94. The zero-order valence-corrected chi connectivity index (χ0v) is 16.6. The Bertz CT molecular complexity index is 1140. The maximum absolute atomic E-state index is 12.7. The molecule has 1 aliphatic heterocycles. The van der Waals surface area contributed by atoms with Crippen LogP contribution in [-0.2, 0) is 11.2 Å². The minimum absolute atomic E-state index is 0.158. The number of amides is 1. The van der Waals surface area contributed by atoms with Crippen LogP contribution < -0.4 is 5.32 Å². The second-order valence-electron chi connectivity index (χ2n) is 6.53. The molecule has 4 rings (SSSR count). The van der Waals surface area contributed by atoms with Crippen LogP contribution in [-0.4, -0.2) is 22.0 Å². The monoisotopic (exact) mass is 436 g/mol. The molecule has 0 spiro atoms. The number of carbonyl (C=O) groups excluding carboxylic acids is 1. The van der Waals surface area contributed by atoms with Crippen molar-refractivity contribution in [3.63, 3.8) is 0 Å². The highest BCUT2D eigenvalue weighted by molar-refractivity contribution is 9.10. The molecular weight excluding hydrogens is 420 g/mol. The number of nitrogens with one attached hydrogen (secondary N) is 2. The molecule has 2 aromatic carbocycles. The number of aromatic carboxylic acids is 1. The fraction of sp³-hybridized carbons (Fsp3) is 0.0909. The summed E-state index contributed by atoms with van der Waals surface area (Å²) in [6, 6.07) is 15.2. The Hall–Kier alpha value is -3.12. The second kappa shape index (κ2) is 7.13. The second-order valence-corrected chi connectivity index (χ2v) is 7.45. The van der Waals surface area contributed by atoms with Crippen molar-refractivity contribution in [3.8, 4) is 11.1 Å². The number of carbonyl (C=O) groups is 2. The lowest BCUT2D eigenvalue weighted by Gasteiger charge is -2.09. The number of halogens is 1. The number of benzene rings is 2. The van der Waals surface area contributed by atoms with Crippen molar-refractivity contribution in [2.45, 2.75) is 13.3 Å². The van der Waals surface area contributed by atoms with E-state index < -0.39 is 5.97 Å². The van der Waals surface area contributed by atoms with Crippen molar-refractivity contribution in [3.05, 3.63) is 75.5 Å². The van der Waals surface area contributed by atoms with Gasteiger partial charge in [0.15, 0.2) is 0 Å². The Kier molecular flexibility index (Phi) is 4.65. The van der Waals surface area contributed by atoms with Crippen molar-refractivity contribution in [2.24, 2.45) is 0 Å². The Balaban J connectivity index is 1.92. The first-order chi connectivity index (χ1) is 13.5. The lowest BCUT2D eigenvalue weighted by Crippen LogP contribution is -2.04. The fourth-order valence-electron chi connectivity index (χ4n) is 3.44. The van der Waals surface area contributed by atoms with Gasteiger partial charge in [-0.05, 0) is 47.9 Å². The lowest BCUT2D eigenvalue weighted by atomic mass is 9.94. The molecule has 0 atom stereocenters. The van der Waals surface area contributed by atoms with Crippen LogP contribution in [0, 0.1) is 0 Å². The quantitative estimate of drug-likeness (QED) is 0.491. The summed E-state index contributed by atoms with van der Waals surface area (Å²) >= 11 is 3.49. The molecule has 1 aromatic heterocycles. The average molecular weight is 437 g/mol. The largest absolute Gasteiger partial charge is 0.478 e. The predicted molar refractivity (Wildman–Crippen MR) is 113 cm³/mol. The number of anilines is 1. The predicted octanol–water partition coefficient (Wildman–Crippen LogP) is 5.20. The highest BCUT2D eigenvalue weighted by Crippen LogP contribution is 2.41. The Morgan fingerprint density at radius 3 is 2.68 bits per heavy atom. The van der Waals surface area contributed by atoms with Gasteiger partial charge in [0.1, 0.15) is 0 Å². The number of rotatable bonds is 4. The van der Waals surface area contributed by atoms with E-state index in [0.717, 1.165) is 26.9 Å². The van der Waals surface area contributed by atoms with Gasteiger partial charge < -0.3 is 15.4 Å². The van der Waals surface area contributed by atoms with Crippen molar-refractivity contribution in [2.75, 3.05) is 5.32 Å². The molecule has 2 heterocycles. The van der Waals surface area contributed by atoms with Gasteiger partial charge >= 0.3 is 5.97 Å². The number of aromatic amines is 1. The van der Waals surface area contributed by atoms with Crippen molar-refractivity contribution >= 4 is 45.1 Å². The highest BCUT2D eigenvalue weighted by atomic mass is 79.9. The molecule has 3 N–H and O–H groups in total. The van der Waals surface area contributed by atoms with Crippen LogP contribution in [0.1, 0.15) is 34.2 Å². The normalized spacial score (nSPS) is 14.2. The summed E-state index contributed by atoms with van der Waals surface area (Å²) in [4.78, 5) is 27.4. The van der Waals surface area contributed by atoms with E-state index in [1.165, 1.54) is 0 Å². The van der Waals surface area contributed by atoms with Crippen LogP contribution in [0.25, 0.3) is 22.8 Å². The molecule has 6 heteroatoms. The van der Waals surface area contributed by atoms with Crippen molar-refractivity contribution in [1.82, 2.24) is 4.98 Å². The maximum atomic E-state index is 12.7. The molecule has 1 amide bonds.